The fourth-order valence-electron chi connectivity index (χ4n) is 4.55. The van der Waals surface area contributed by atoms with Crippen molar-refractivity contribution in [2.45, 2.75) is 51.0 Å². The lowest BCUT2D eigenvalue weighted by molar-refractivity contribution is -0.144. The molecule has 40 heavy (non-hydrogen) atoms. The van der Waals surface area contributed by atoms with E-state index in [1.165, 1.54) is 20.3 Å². The average molecular weight is 573 g/mol. The molecule has 2 amide bonds. The summed E-state index contributed by atoms with van der Waals surface area (Å²) in [5.41, 5.74) is 1.62. The lowest BCUT2D eigenvalue weighted by atomic mass is 9.94. The minimum absolute atomic E-state index is 0.0545. The van der Waals surface area contributed by atoms with Gasteiger partial charge >= 0.3 is 5.97 Å². The van der Waals surface area contributed by atoms with E-state index in [1.807, 2.05) is 37.3 Å². The zero-order chi connectivity index (χ0) is 29.2. The summed E-state index contributed by atoms with van der Waals surface area (Å²) in [4.78, 5) is 37.6. The molecule has 0 aromatic heterocycles. The first kappa shape index (κ1) is 31.1. The molecule has 1 aliphatic rings. The molecule has 10 heteroatoms. The molecule has 1 fully saturated rings. The Bertz CT molecular complexity index is 1190. The molecule has 2 aromatic carbocycles. The maximum Gasteiger partial charge on any atom is 0.310 e. The zero-order valence-corrected chi connectivity index (χ0v) is 23.9. The number of rotatable bonds is 12. The van der Waals surface area contributed by atoms with Crippen LogP contribution in [0.4, 0.5) is 0 Å². The summed E-state index contributed by atoms with van der Waals surface area (Å²) in [5, 5.41) is 16.5. The number of ether oxygens (including phenoxy) is 3. The van der Waals surface area contributed by atoms with E-state index in [2.05, 4.69) is 10.6 Å². The minimum Gasteiger partial charge on any atom is -0.495 e. The van der Waals surface area contributed by atoms with Crippen molar-refractivity contribution in [2.75, 3.05) is 20.8 Å². The highest BCUT2D eigenvalue weighted by molar-refractivity contribution is 6.32. The Labute approximate surface area is 239 Å². The van der Waals surface area contributed by atoms with E-state index in [1.54, 1.807) is 31.2 Å². The number of carbonyl (C=O) groups excluding carboxylic acids is 3. The standard InChI is InChI=1S/C30H37ClN2O7/c1-18(30(37)39-4)17-32-29(36)23(16-20-13-14-25(38-3)22(31)15-20)33-26(34)12-8-11-24-19(2)27(35)28(40-24)21-9-6-5-7-10-21/h5-10,12-15,18-19,23-24,27-28,35H,11,16-17H2,1-4H3,(H,32,36)(H,33,34)/b12-8+/t18-,19-,23-,24+,27-,28+/m1/s1. The van der Waals surface area contributed by atoms with Crippen LogP contribution in [0.2, 0.25) is 5.02 Å². The molecule has 6 atom stereocenters. The molecular formula is C30H37ClN2O7. The molecule has 0 radical (unpaired) electrons. The van der Waals surface area contributed by atoms with Crippen LogP contribution < -0.4 is 15.4 Å². The number of aliphatic hydroxyl groups is 1. The Kier molecular flexibility index (Phi) is 11.5. The molecular weight excluding hydrogens is 536 g/mol. The van der Waals surface area contributed by atoms with Crippen molar-refractivity contribution in [3.63, 3.8) is 0 Å². The van der Waals surface area contributed by atoms with E-state index >= 15 is 0 Å². The SMILES string of the molecule is COC(=O)[C@H](C)CNC(=O)[C@@H](Cc1ccc(OC)c(Cl)c1)NC(=O)/C=C/C[C@@H]1O[C@@H](c2ccccc2)[C@H](O)[C@@H]1C. The molecule has 0 aliphatic carbocycles. The number of nitrogens with one attached hydrogen (secondary N) is 2. The van der Waals surface area contributed by atoms with Gasteiger partial charge in [0, 0.05) is 18.9 Å². The number of carbonyl (C=O) groups is 3. The smallest absolute Gasteiger partial charge is 0.310 e. The molecule has 0 bridgehead atoms. The maximum absolute atomic E-state index is 13.0. The number of benzene rings is 2. The van der Waals surface area contributed by atoms with E-state index in [0.717, 1.165) is 5.56 Å². The van der Waals surface area contributed by atoms with Gasteiger partial charge in [0.25, 0.3) is 0 Å². The van der Waals surface area contributed by atoms with Gasteiger partial charge in [0.05, 0.1) is 37.4 Å². The largest absolute Gasteiger partial charge is 0.495 e. The summed E-state index contributed by atoms with van der Waals surface area (Å²) in [6.45, 7) is 3.61. The minimum atomic E-state index is -0.933. The van der Waals surface area contributed by atoms with Gasteiger partial charge in [0.15, 0.2) is 0 Å². The summed E-state index contributed by atoms with van der Waals surface area (Å²) in [6, 6.07) is 13.7. The van der Waals surface area contributed by atoms with E-state index in [-0.39, 0.29) is 25.0 Å². The molecule has 216 valence electrons. The Morgan fingerprint density at radius 3 is 2.52 bits per heavy atom. The number of hydrogen-bond acceptors (Lipinski definition) is 7. The van der Waals surface area contributed by atoms with Crippen LogP contribution in [-0.4, -0.2) is 61.9 Å². The molecule has 0 spiro atoms. The van der Waals surface area contributed by atoms with Gasteiger partial charge in [-0.15, -0.1) is 0 Å². The van der Waals surface area contributed by atoms with Crippen molar-refractivity contribution in [3.05, 3.63) is 76.8 Å². The number of esters is 1. The van der Waals surface area contributed by atoms with Crippen LogP contribution >= 0.6 is 11.6 Å². The maximum atomic E-state index is 13.0. The van der Waals surface area contributed by atoms with Crippen molar-refractivity contribution in [1.29, 1.82) is 0 Å². The number of aliphatic hydroxyl groups excluding tert-OH is 1. The zero-order valence-electron chi connectivity index (χ0n) is 23.1. The molecule has 3 N–H and O–H groups in total. The van der Waals surface area contributed by atoms with Gasteiger partial charge in [-0.1, -0.05) is 67.9 Å². The van der Waals surface area contributed by atoms with Crippen LogP contribution in [0.3, 0.4) is 0 Å². The molecule has 3 rings (SSSR count). The summed E-state index contributed by atoms with van der Waals surface area (Å²) >= 11 is 6.25. The van der Waals surface area contributed by atoms with Crippen molar-refractivity contribution >= 4 is 29.4 Å². The average Bonchev–Trinajstić information content (AvgIpc) is 3.24. The topological polar surface area (TPSA) is 123 Å². The molecule has 0 unspecified atom stereocenters. The fourth-order valence-corrected chi connectivity index (χ4v) is 4.83. The third-order valence-electron chi connectivity index (χ3n) is 7.00. The van der Waals surface area contributed by atoms with Crippen LogP contribution in [-0.2, 0) is 30.3 Å². The van der Waals surface area contributed by atoms with E-state index in [9.17, 15) is 19.5 Å². The third kappa shape index (κ3) is 8.30. The van der Waals surface area contributed by atoms with Crippen LogP contribution in [0.25, 0.3) is 0 Å². The Hall–Kier alpha value is -3.40. The number of amides is 2. The van der Waals surface area contributed by atoms with Gasteiger partial charge in [-0.2, -0.15) is 0 Å². The molecule has 0 saturated carbocycles. The Morgan fingerprint density at radius 2 is 1.88 bits per heavy atom. The molecule has 2 aromatic rings. The third-order valence-corrected chi connectivity index (χ3v) is 7.29. The van der Waals surface area contributed by atoms with Crippen LogP contribution in [0, 0.1) is 11.8 Å². The van der Waals surface area contributed by atoms with Gasteiger partial charge in [-0.05, 0) is 35.8 Å². The van der Waals surface area contributed by atoms with E-state index in [4.69, 9.17) is 25.8 Å². The first-order chi connectivity index (χ1) is 19.1. The second kappa shape index (κ2) is 14.8. The molecule has 9 nitrogen and oxygen atoms in total. The Balaban J connectivity index is 1.64. The molecule has 1 aliphatic heterocycles. The lowest BCUT2D eigenvalue weighted by Crippen LogP contribution is -2.49. The summed E-state index contributed by atoms with van der Waals surface area (Å²) in [6.07, 6.45) is 2.24. The van der Waals surface area contributed by atoms with E-state index in [0.29, 0.717) is 22.8 Å². The van der Waals surface area contributed by atoms with Crippen LogP contribution in [0.1, 0.15) is 37.5 Å². The number of methoxy groups -OCH3 is 2. The monoisotopic (exact) mass is 572 g/mol. The lowest BCUT2D eigenvalue weighted by Gasteiger charge is -2.19. The van der Waals surface area contributed by atoms with Crippen LogP contribution in [0.5, 0.6) is 5.75 Å². The highest BCUT2D eigenvalue weighted by Gasteiger charge is 2.40. The highest BCUT2D eigenvalue weighted by atomic mass is 35.5. The summed E-state index contributed by atoms with van der Waals surface area (Å²) < 4.78 is 16.0. The molecule has 1 saturated heterocycles. The highest BCUT2D eigenvalue weighted by Crippen LogP contribution is 2.38. The summed E-state index contributed by atoms with van der Waals surface area (Å²) in [5.74, 6) is -1.56. The molecule has 1 heterocycles. The predicted molar refractivity (Wildman–Crippen MR) is 151 cm³/mol. The van der Waals surface area contributed by atoms with E-state index < -0.39 is 42.0 Å². The van der Waals surface area contributed by atoms with Crippen molar-refractivity contribution in [2.24, 2.45) is 11.8 Å². The van der Waals surface area contributed by atoms with Gasteiger partial charge in [0.2, 0.25) is 11.8 Å². The van der Waals surface area contributed by atoms with Gasteiger partial charge in [-0.25, -0.2) is 0 Å². The van der Waals surface area contributed by atoms with Crippen molar-refractivity contribution in [3.8, 4) is 5.75 Å². The first-order valence-corrected chi connectivity index (χ1v) is 13.6. The second-order valence-corrected chi connectivity index (χ2v) is 10.3. The van der Waals surface area contributed by atoms with Crippen molar-refractivity contribution in [1.82, 2.24) is 10.6 Å². The van der Waals surface area contributed by atoms with Gasteiger partial charge < -0.3 is 30.0 Å². The normalized spacial score (nSPS) is 21.9. The van der Waals surface area contributed by atoms with Gasteiger partial charge in [-0.3, -0.25) is 14.4 Å². The predicted octanol–water partition coefficient (Wildman–Crippen LogP) is 3.38. The number of hydrogen-bond donors (Lipinski definition) is 3. The van der Waals surface area contributed by atoms with Crippen molar-refractivity contribution < 1.29 is 33.7 Å². The quantitative estimate of drug-likeness (QED) is 0.263. The number of halogens is 1. The van der Waals surface area contributed by atoms with Crippen LogP contribution in [0.15, 0.2) is 60.7 Å². The first-order valence-electron chi connectivity index (χ1n) is 13.2. The van der Waals surface area contributed by atoms with Gasteiger partial charge in [0.1, 0.15) is 17.9 Å². The Morgan fingerprint density at radius 1 is 1.15 bits per heavy atom. The fraction of sp³-hybridized carbons (Fsp3) is 0.433. The summed E-state index contributed by atoms with van der Waals surface area (Å²) in [7, 11) is 2.79. The second-order valence-electron chi connectivity index (χ2n) is 9.90.